The van der Waals surface area contributed by atoms with Crippen LogP contribution in [0.1, 0.15) is 41.0 Å². The summed E-state index contributed by atoms with van der Waals surface area (Å²) in [6.07, 6.45) is 1.87. The molecule has 0 bridgehead atoms. The van der Waals surface area contributed by atoms with E-state index in [0.717, 1.165) is 28.1 Å². The molecule has 2 aromatic carbocycles. The van der Waals surface area contributed by atoms with Gasteiger partial charge >= 0.3 is 0 Å². The number of fused-ring (bicyclic) bond motifs is 1. The number of sulfone groups is 1. The number of amides is 1. The summed E-state index contributed by atoms with van der Waals surface area (Å²) in [5.74, 6) is -0.0468. The maximum atomic E-state index is 13.2. The molecule has 28 heavy (non-hydrogen) atoms. The Morgan fingerprint density at radius 1 is 1.18 bits per heavy atom. The molecule has 1 fully saturated rings. The van der Waals surface area contributed by atoms with E-state index in [-0.39, 0.29) is 28.0 Å². The Hall–Kier alpha value is -2.25. The van der Waals surface area contributed by atoms with Crippen LogP contribution in [0.3, 0.4) is 0 Å². The van der Waals surface area contributed by atoms with E-state index in [2.05, 4.69) is 6.07 Å². The number of carbonyl (C=O) groups excluding carboxylic acids is 1. The molecule has 1 aliphatic heterocycles. The first-order chi connectivity index (χ1) is 13.5. The highest BCUT2D eigenvalue weighted by Gasteiger charge is 2.30. The number of benzene rings is 2. The fraction of sp³-hybridized carbons (Fsp3) is 0.333. The first kappa shape index (κ1) is 19.1. The van der Waals surface area contributed by atoms with Crippen LogP contribution in [0, 0.1) is 0 Å². The molecule has 0 spiro atoms. The van der Waals surface area contributed by atoms with Gasteiger partial charge in [-0.2, -0.15) is 0 Å². The van der Waals surface area contributed by atoms with Crippen molar-refractivity contribution in [1.82, 2.24) is 9.88 Å². The number of hydrogen-bond donors (Lipinski definition) is 0. The summed E-state index contributed by atoms with van der Waals surface area (Å²) in [6.45, 7) is 2.81. The molecule has 0 aliphatic carbocycles. The van der Waals surface area contributed by atoms with E-state index in [1.807, 2.05) is 18.2 Å². The monoisotopic (exact) mass is 414 g/mol. The molecule has 5 nitrogen and oxygen atoms in total. The summed E-state index contributed by atoms with van der Waals surface area (Å²) in [6, 6.07) is 14.6. The molecular weight excluding hydrogens is 392 g/mol. The Bertz CT molecular complexity index is 1090. The highest BCUT2D eigenvalue weighted by atomic mass is 32.2. The highest BCUT2D eigenvalue weighted by molar-refractivity contribution is 7.91. The standard InChI is InChI=1S/C21H22N2O3S2/c1-2-28(25,26)19-12-6-3-9-16(19)21(24)23-13-7-8-15(14-23)20-22-17-10-4-5-11-18(17)27-20/h3-6,9-12,15H,2,7-8,13-14H2,1H3/t15-/m1/s1. The Balaban J connectivity index is 1.61. The van der Waals surface area contributed by atoms with E-state index < -0.39 is 9.84 Å². The Morgan fingerprint density at radius 3 is 2.71 bits per heavy atom. The molecule has 1 aliphatic rings. The van der Waals surface area contributed by atoms with E-state index in [1.54, 1.807) is 41.4 Å². The van der Waals surface area contributed by atoms with Gasteiger partial charge in [0.1, 0.15) is 0 Å². The quantitative estimate of drug-likeness (QED) is 0.644. The normalized spacial score (nSPS) is 17.8. The van der Waals surface area contributed by atoms with Crippen molar-refractivity contribution in [2.45, 2.75) is 30.6 Å². The first-order valence-electron chi connectivity index (χ1n) is 9.46. The number of hydrogen-bond acceptors (Lipinski definition) is 5. The van der Waals surface area contributed by atoms with Crippen LogP contribution < -0.4 is 0 Å². The largest absolute Gasteiger partial charge is 0.338 e. The van der Waals surface area contributed by atoms with Crippen molar-refractivity contribution in [3.63, 3.8) is 0 Å². The molecule has 1 atom stereocenters. The average Bonchev–Trinajstić information content (AvgIpc) is 3.18. The van der Waals surface area contributed by atoms with Gasteiger partial charge in [-0.05, 0) is 37.1 Å². The molecule has 3 aromatic rings. The molecule has 7 heteroatoms. The van der Waals surface area contributed by atoms with E-state index in [0.29, 0.717) is 13.1 Å². The van der Waals surface area contributed by atoms with Crippen molar-refractivity contribution < 1.29 is 13.2 Å². The topological polar surface area (TPSA) is 67.3 Å². The molecule has 0 radical (unpaired) electrons. The number of para-hydroxylation sites is 1. The van der Waals surface area contributed by atoms with Crippen molar-refractivity contribution in [2.24, 2.45) is 0 Å². The number of aromatic nitrogens is 1. The molecule has 0 unspecified atom stereocenters. The number of thiazole rings is 1. The van der Waals surface area contributed by atoms with Crippen LogP contribution in [0.4, 0.5) is 0 Å². The maximum absolute atomic E-state index is 13.2. The third kappa shape index (κ3) is 3.56. The van der Waals surface area contributed by atoms with Crippen LogP contribution in [-0.2, 0) is 9.84 Å². The van der Waals surface area contributed by atoms with Crippen LogP contribution in [0.2, 0.25) is 0 Å². The molecule has 1 aromatic heterocycles. The zero-order chi connectivity index (χ0) is 19.7. The summed E-state index contributed by atoms with van der Waals surface area (Å²) in [5.41, 5.74) is 1.26. The van der Waals surface area contributed by atoms with Crippen LogP contribution >= 0.6 is 11.3 Å². The van der Waals surface area contributed by atoms with Gasteiger partial charge in [-0.3, -0.25) is 4.79 Å². The van der Waals surface area contributed by atoms with Crippen molar-refractivity contribution >= 4 is 37.3 Å². The van der Waals surface area contributed by atoms with Gasteiger partial charge in [-0.25, -0.2) is 13.4 Å². The zero-order valence-corrected chi connectivity index (χ0v) is 17.3. The molecule has 1 saturated heterocycles. The molecule has 1 amide bonds. The second-order valence-corrected chi connectivity index (χ2v) is 10.3. The van der Waals surface area contributed by atoms with Crippen molar-refractivity contribution in [3.05, 3.63) is 59.1 Å². The first-order valence-corrected chi connectivity index (χ1v) is 11.9. The molecule has 146 valence electrons. The average molecular weight is 415 g/mol. The zero-order valence-electron chi connectivity index (χ0n) is 15.7. The van der Waals surface area contributed by atoms with Gasteiger partial charge in [-0.1, -0.05) is 31.2 Å². The Morgan fingerprint density at radius 2 is 1.93 bits per heavy atom. The third-order valence-corrected chi connectivity index (χ3v) is 8.19. The van der Waals surface area contributed by atoms with Gasteiger partial charge in [-0.15, -0.1) is 11.3 Å². The lowest BCUT2D eigenvalue weighted by Gasteiger charge is -2.32. The van der Waals surface area contributed by atoms with E-state index in [1.165, 1.54) is 6.07 Å². The predicted molar refractivity (Wildman–Crippen MR) is 112 cm³/mol. The number of likely N-dealkylation sites (tertiary alicyclic amines) is 1. The fourth-order valence-corrected chi connectivity index (χ4v) is 5.85. The van der Waals surface area contributed by atoms with Gasteiger partial charge in [0, 0.05) is 19.0 Å². The minimum Gasteiger partial charge on any atom is -0.338 e. The second kappa shape index (κ2) is 7.64. The van der Waals surface area contributed by atoms with Crippen LogP contribution in [0.25, 0.3) is 10.2 Å². The number of piperidine rings is 1. The minimum atomic E-state index is -3.45. The molecule has 0 saturated carbocycles. The lowest BCUT2D eigenvalue weighted by Crippen LogP contribution is -2.39. The lowest BCUT2D eigenvalue weighted by atomic mass is 9.98. The fourth-order valence-electron chi connectivity index (χ4n) is 3.67. The summed E-state index contributed by atoms with van der Waals surface area (Å²) in [7, 11) is -3.45. The van der Waals surface area contributed by atoms with E-state index in [4.69, 9.17) is 4.98 Å². The summed E-state index contributed by atoms with van der Waals surface area (Å²) >= 11 is 1.68. The van der Waals surface area contributed by atoms with Gasteiger partial charge < -0.3 is 4.90 Å². The SMILES string of the molecule is CCS(=O)(=O)c1ccccc1C(=O)N1CCC[C@@H](c2nc3ccccc3s2)C1. The van der Waals surface area contributed by atoms with Gasteiger partial charge in [0.05, 0.1) is 31.4 Å². The van der Waals surface area contributed by atoms with Crippen molar-refractivity contribution in [3.8, 4) is 0 Å². The second-order valence-electron chi connectivity index (χ2n) is 7.01. The third-order valence-electron chi connectivity index (χ3n) is 5.20. The van der Waals surface area contributed by atoms with E-state index in [9.17, 15) is 13.2 Å². The molecule has 2 heterocycles. The highest BCUT2D eigenvalue weighted by Crippen LogP contribution is 2.33. The summed E-state index contributed by atoms with van der Waals surface area (Å²) in [4.78, 5) is 19.8. The number of nitrogens with zero attached hydrogens (tertiary/aromatic N) is 2. The predicted octanol–water partition coefficient (Wildman–Crippen LogP) is 4.11. The van der Waals surface area contributed by atoms with Crippen molar-refractivity contribution in [2.75, 3.05) is 18.8 Å². The Labute approximate surface area is 168 Å². The molecule has 4 rings (SSSR count). The maximum Gasteiger partial charge on any atom is 0.255 e. The number of rotatable bonds is 4. The van der Waals surface area contributed by atoms with Crippen LogP contribution in [0.5, 0.6) is 0 Å². The number of carbonyl (C=O) groups is 1. The van der Waals surface area contributed by atoms with Gasteiger partial charge in [0.2, 0.25) is 0 Å². The Kier molecular flexibility index (Phi) is 5.21. The van der Waals surface area contributed by atoms with Gasteiger partial charge in [0.15, 0.2) is 9.84 Å². The van der Waals surface area contributed by atoms with Gasteiger partial charge in [0.25, 0.3) is 5.91 Å². The lowest BCUT2D eigenvalue weighted by molar-refractivity contribution is 0.0703. The van der Waals surface area contributed by atoms with Crippen LogP contribution in [0.15, 0.2) is 53.4 Å². The van der Waals surface area contributed by atoms with Crippen LogP contribution in [-0.4, -0.2) is 43.1 Å². The molecule has 0 N–H and O–H groups in total. The van der Waals surface area contributed by atoms with Crippen molar-refractivity contribution in [1.29, 1.82) is 0 Å². The molecular formula is C21H22N2O3S2. The summed E-state index contributed by atoms with van der Waals surface area (Å²) in [5, 5.41) is 1.05. The smallest absolute Gasteiger partial charge is 0.255 e. The summed E-state index contributed by atoms with van der Waals surface area (Å²) < 4.78 is 26.0. The minimum absolute atomic E-state index is 0.0222. The van der Waals surface area contributed by atoms with E-state index >= 15 is 0 Å².